The highest BCUT2D eigenvalue weighted by atomic mass is 35.5. The van der Waals surface area contributed by atoms with Crippen LogP contribution >= 0.6 is 34.8 Å². The van der Waals surface area contributed by atoms with Gasteiger partial charge in [-0.25, -0.2) is 18.1 Å². The molecule has 0 atom stereocenters. The molecule has 10 heteroatoms. The molecule has 1 aliphatic heterocycles. The zero-order valence-electron chi connectivity index (χ0n) is 16.8. The number of benzene rings is 2. The molecule has 2 aromatic carbocycles. The van der Waals surface area contributed by atoms with Crippen LogP contribution in [0.15, 0.2) is 47.5 Å². The Morgan fingerprint density at radius 3 is 2.23 bits per heavy atom. The van der Waals surface area contributed by atoms with Crippen molar-refractivity contribution in [1.29, 1.82) is 0 Å². The maximum absolute atomic E-state index is 13.2. The number of hydrogen-bond acceptors (Lipinski definition) is 4. The van der Waals surface area contributed by atoms with Gasteiger partial charge in [-0.3, -0.25) is 0 Å². The van der Waals surface area contributed by atoms with E-state index >= 15 is 0 Å². The predicted molar refractivity (Wildman–Crippen MR) is 125 cm³/mol. The van der Waals surface area contributed by atoms with E-state index in [0.717, 1.165) is 24.8 Å². The van der Waals surface area contributed by atoms with Crippen molar-refractivity contribution in [1.82, 2.24) is 19.6 Å². The summed E-state index contributed by atoms with van der Waals surface area (Å²) < 4.78 is 28.0. The normalized spacial score (nSPS) is 15.4. The first-order chi connectivity index (χ1) is 14.8. The second kappa shape index (κ2) is 9.10. The summed E-state index contributed by atoms with van der Waals surface area (Å²) >= 11 is 18.6. The molecule has 0 aliphatic carbocycles. The van der Waals surface area contributed by atoms with E-state index in [1.165, 1.54) is 0 Å². The molecule has 1 fully saturated rings. The van der Waals surface area contributed by atoms with Crippen molar-refractivity contribution in [2.75, 3.05) is 13.1 Å². The molecule has 1 aromatic heterocycles. The summed E-state index contributed by atoms with van der Waals surface area (Å²) in [5.41, 5.74) is 2.41. The molecule has 31 heavy (non-hydrogen) atoms. The minimum absolute atomic E-state index is 0.0472. The summed E-state index contributed by atoms with van der Waals surface area (Å²) in [6, 6.07) is 12.1. The number of hydrogen-bond donors (Lipinski definition) is 1. The highest BCUT2D eigenvalue weighted by molar-refractivity contribution is 7.89. The number of piperidine rings is 1. The van der Waals surface area contributed by atoms with Crippen molar-refractivity contribution in [3.05, 3.63) is 63.1 Å². The molecule has 0 radical (unpaired) electrons. The minimum Gasteiger partial charge on any atom is -0.230 e. The van der Waals surface area contributed by atoms with Gasteiger partial charge in [0.25, 0.3) is 10.0 Å². The van der Waals surface area contributed by atoms with Crippen molar-refractivity contribution in [2.45, 2.75) is 31.2 Å². The fourth-order valence-electron chi connectivity index (χ4n) is 3.70. The van der Waals surface area contributed by atoms with Crippen LogP contribution in [0.2, 0.25) is 15.1 Å². The second-order valence-electron chi connectivity index (χ2n) is 7.44. The smallest absolute Gasteiger partial charge is 0.230 e. The molecule has 0 unspecified atom stereocenters. The fraction of sp³-hybridized carbons (Fsp3) is 0.286. The molecule has 0 bridgehead atoms. The molecule has 1 N–H and O–H groups in total. The van der Waals surface area contributed by atoms with Gasteiger partial charge in [-0.05, 0) is 50.1 Å². The van der Waals surface area contributed by atoms with Gasteiger partial charge in [0.2, 0.25) is 0 Å². The third-order valence-corrected chi connectivity index (χ3v) is 7.38. The first kappa shape index (κ1) is 22.6. The van der Waals surface area contributed by atoms with Crippen LogP contribution in [0.5, 0.6) is 0 Å². The maximum atomic E-state index is 13.2. The lowest BCUT2D eigenvalue weighted by Crippen LogP contribution is -2.45. The highest BCUT2D eigenvalue weighted by Crippen LogP contribution is 2.34. The Bertz CT molecular complexity index is 1200. The molecule has 6 nitrogen and oxygen atoms in total. The lowest BCUT2D eigenvalue weighted by Gasteiger charge is -2.26. The summed E-state index contributed by atoms with van der Waals surface area (Å²) in [5, 5.41) is 7.59. The highest BCUT2D eigenvalue weighted by Gasteiger charge is 2.29. The molecule has 0 saturated carbocycles. The lowest BCUT2D eigenvalue weighted by molar-refractivity contribution is 0.199. The molecular formula is C21H21Cl3N4O2S. The SMILES string of the molecule is Cc1c(S(=O)(=O)NN2CCCCC2)nn(-c2ccc(Cl)cc2Cl)c1-c1ccc(Cl)cc1. The summed E-state index contributed by atoms with van der Waals surface area (Å²) in [4.78, 5) is 2.68. The van der Waals surface area contributed by atoms with Crippen molar-refractivity contribution in [2.24, 2.45) is 0 Å². The number of hydrazine groups is 1. The van der Waals surface area contributed by atoms with Gasteiger partial charge in [-0.2, -0.15) is 5.10 Å². The van der Waals surface area contributed by atoms with Gasteiger partial charge in [0.1, 0.15) is 0 Å². The Balaban J connectivity index is 1.86. The number of nitrogens with zero attached hydrogens (tertiary/aromatic N) is 3. The zero-order valence-corrected chi connectivity index (χ0v) is 19.9. The van der Waals surface area contributed by atoms with Crippen molar-refractivity contribution in [3.63, 3.8) is 0 Å². The van der Waals surface area contributed by atoms with E-state index in [2.05, 4.69) is 9.93 Å². The van der Waals surface area contributed by atoms with Crippen LogP contribution in [-0.2, 0) is 10.0 Å². The molecule has 164 valence electrons. The van der Waals surface area contributed by atoms with Gasteiger partial charge >= 0.3 is 0 Å². The van der Waals surface area contributed by atoms with E-state index in [0.29, 0.717) is 45.1 Å². The maximum Gasteiger partial charge on any atom is 0.273 e. The first-order valence-electron chi connectivity index (χ1n) is 9.84. The van der Waals surface area contributed by atoms with Crippen LogP contribution in [0, 0.1) is 6.92 Å². The first-order valence-corrected chi connectivity index (χ1v) is 12.5. The number of sulfonamides is 1. The minimum atomic E-state index is -3.89. The molecule has 0 spiro atoms. The summed E-state index contributed by atoms with van der Waals surface area (Å²) in [6.45, 7) is 3.08. The Morgan fingerprint density at radius 1 is 0.935 bits per heavy atom. The lowest BCUT2D eigenvalue weighted by atomic mass is 10.1. The standard InChI is InChI=1S/C21H21Cl3N4O2S/c1-14-20(15-5-7-16(22)8-6-15)28(19-10-9-17(23)13-18(19)24)25-21(14)31(29,30)26-27-11-3-2-4-12-27/h5-10,13,26H,2-4,11-12H2,1H3. The Kier molecular flexibility index (Phi) is 6.62. The van der Waals surface area contributed by atoms with Gasteiger partial charge in [0.05, 0.1) is 16.4 Å². The zero-order chi connectivity index (χ0) is 22.2. The molecular weight excluding hydrogens is 479 g/mol. The average Bonchev–Trinajstić information content (AvgIpc) is 3.07. The summed E-state index contributed by atoms with van der Waals surface area (Å²) in [5.74, 6) is 0. The quantitative estimate of drug-likeness (QED) is 0.504. The van der Waals surface area contributed by atoms with Crippen molar-refractivity contribution >= 4 is 44.8 Å². The number of rotatable bonds is 5. The Hall–Kier alpha value is -1.61. The molecule has 1 aliphatic rings. The number of halogens is 3. The largest absolute Gasteiger partial charge is 0.273 e. The van der Waals surface area contributed by atoms with Gasteiger partial charge in [-0.1, -0.05) is 53.4 Å². The van der Waals surface area contributed by atoms with E-state index in [4.69, 9.17) is 34.8 Å². The van der Waals surface area contributed by atoms with E-state index in [-0.39, 0.29) is 5.03 Å². The monoisotopic (exact) mass is 498 g/mol. The van der Waals surface area contributed by atoms with Crippen molar-refractivity contribution in [3.8, 4) is 16.9 Å². The van der Waals surface area contributed by atoms with Gasteiger partial charge in [0, 0.05) is 34.3 Å². The van der Waals surface area contributed by atoms with E-state index in [1.54, 1.807) is 46.9 Å². The van der Waals surface area contributed by atoms with Crippen LogP contribution in [0.25, 0.3) is 16.9 Å². The van der Waals surface area contributed by atoms with E-state index in [9.17, 15) is 8.42 Å². The molecule has 3 aromatic rings. The molecule has 1 saturated heterocycles. The van der Waals surface area contributed by atoms with Crippen molar-refractivity contribution < 1.29 is 8.42 Å². The Morgan fingerprint density at radius 2 is 1.58 bits per heavy atom. The van der Waals surface area contributed by atoms with Crippen LogP contribution < -0.4 is 4.83 Å². The summed E-state index contributed by atoms with van der Waals surface area (Å²) in [6.07, 6.45) is 3.00. The number of aromatic nitrogens is 2. The average molecular weight is 500 g/mol. The van der Waals surface area contributed by atoms with E-state index in [1.807, 2.05) is 12.1 Å². The molecule has 4 rings (SSSR count). The van der Waals surface area contributed by atoms with Gasteiger partial charge in [0.15, 0.2) is 5.03 Å². The number of nitrogens with one attached hydrogen (secondary N) is 1. The fourth-order valence-corrected chi connectivity index (χ4v) is 5.62. The third-order valence-electron chi connectivity index (χ3n) is 5.19. The van der Waals surface area contributed by atoms with Crippen LogP contribution in [0.3, 0.4) is 0 Å². The van der Waals surface area contributed by atoms with E-state index < -0.39 is 10.0 Å². The van der Waals surface area contributed by atoms with Crippen LogP contribution in [-0.4, -0.2) is 36.3 Å². The Labute approximate surface area is 196 Å². The summed E-state index contributed by atoms with van der Waals surface area (Å²) in [7, 11) is -3.89. The van der Waals surface area contributed by atoms with Crippen LogP contribution in [0.4, 0.5) is 0 Å². The molecule has 2 heterocycles. The van der Waals surface area contributed by atoms with Gasteiger partial charge in [-0.15, -0.1) is 4.83 Å². The second-order valence-corrected chi connectivity index (χ2v) is 10.3. The third kappa shape index (κ3) is 4.77. The predicted octanol–water partition coefficient (Wildman–Crippen LogP) is 5.49. The topological polar surface area (TPSA) is 67.2 Å². The van der Waals surface area contributed by atoms with Crippen LogP contribution in [0.1, 0.15) is 24.8 Å². The molecule has 0 amide bonds. The van der Waals surface area contributed by atoms with Gasteiger partial charge < -0.3 is 0 Å².